The summed E-state index contributed by atoms with van der Waals surface area (Å²) in [5.41, 5.74) is 0.512. The van der Waals surface area contributed by atoms with Crippen molar-refractivity contribution in [3.63, 3.8) is 0 Å². The molecule has 0 aliphatic carbocycles. The van der Waals surface area contributed by atoms with Gasteiger partial charge in [-0.3, -0.25) is 19.1 Å². The van der Waals surface area contributed by atoms with Gasteiger partial charge in [0.25, 0.3) is 11.5 Å². The second-order valence-corrected chi connectivity index (χ2v) is 7.13. The number of aliphatic hydroxyl groups is 1. The Bertz CT molecular complexity index is 905. The van der Waals surface area contributed by atoms with Crippen molar-refractivity contribution in [1.29, 1.82) is 0 Å². The number of nitrogens with zero attached hydrogens (tertiary/aromatic N) is 4. The highest BCUT2D eigenvalue weighted by Crippen LogP contribution is 2.33. The zero-order valence-corrected chi connectivity index (χ0v) is 16.3. The fourth-order valence-corrected chi connectivity index (χ4v) is 3.48. The van der Waals surface area contributed by atoms with Crippen molar-refractivity contribution in [2.24, 2.45) is 13.0 Å². The molecule has 2 aromatic rings. The zero-order chi connectivity index (χ0) is 19.9. The van der Waals surface area contributed by atoms with Crippen LogP contribution in [0.2, 0.25) is 0 Å². The van der Waals surface area contributed by atoms with Crippen molar-refractivity contribution in [3.05, 3.63) is 16.7 Å². The standard InChI is InChI=1S/C17H26N6O4/c1-6-18-17-19-14-12(15(26)20-17)22(5)8-23(14)16-13(25)10(9(2)27-16)7-11(24)21(3)4/h8-10,13,16,25H,6-7H2,1-5H3,(H-,18,19,20,26)/p+1/t9-,10-,13-,16-/m1/s1. The third-order valence-electron chi connectivity index (χ3n) is 4.99. The number of anilines is 1. The van der Waals surface area contributed by atoms with Gasteiger partial charge in [0.05, 0.1) is 13.2 Å². The summed E-state index contributed by atoms with van der Waals surface area (Å²) in [5.74, 6) is -0.0558. The van der Waals surface area contributed by atoms with Crippen LogP contribution in [0.3, 0.4) is 0 Å². The van der Waals surface area contributed by atoms with E-state index in [1.54, 1.807) is 36.6 Å². The number of ether oxygens (including phenoxy) is 1. The molecule has 1 saturated heterocycles. The van der Waals surface area contributed by atoms with Crippen molar-refractivity contribution >= 4 is 23.0 Å². The van der Waals surface area contributed by atoms with Crippen LogP contribution in [-0.2, 0) is 16.6 Å². The largest absolute Gasteiger partial charge is 0.386 e. The van der Waals surface area contributed by atoms with E-state index < -0.39 is 12.3 Å². The van der Waals surface area contributed by atoms with Gasteiger partial charge < -0.3 is 20.1 Å². The van der Waals surface area contributed by atoms with E-state index in [1.165, 1.54) is 4.90 Å². The Morgan fingerprint density at radius 3 is 2.85 bits per heavy atom. The van der Waals surface area contributed by atoms with Crippen molar-refractivity contribution < 1.29 is 19.2 Å². The van der Waals surface area contributed by atoms with Gasteiger partial charge in [0.2, 0.25) is 17.7 Å². The summed E-state index contributed by atoms with van der Waals surface area (Å²) in [6.45, 7) is 4.35. The molecule has 3 rings (SSSR count). The van der Waals surface area contributed by atoms with Gasteiger partial charge in [-0.05, 0) is 13.8 Å². The normalized spacial score (nSPS) is 25.1. The van der Waals surface area contributed by atoms with Crippen LogP contribution in [-0.4, -0.2) is 63.3 Å². The van der Waals surface area contributed by atoms with Gasteiger partial charge in [-0.15, -0.1) is 0 Å². The average Bonchev–Trinajstić information content (AvgIpc) is 3.06. The van der Waals surface area contributed by atoms with Gasteiger partial charge >= 0.3 is 5.65 Å². The fraction of sp³-hybridized carbons (Fsp3) is 0.647. The summed E-state index contributed by atoms with van der Waals surface area (Å²) in [6.07, 6.45) is -0.0739. The first kappa shape index (κ1) is 19.3. The Kier molecular flexibility index (Phi) is 5.20. The second-order valence-electron chi connectivity index (χ2n) is 7.13. The lowest BCUT2D eigenvalue weighted by molar-refractivity contribution is -0.745. The Morgan fingerprint density at radius 2 is 2.22 bits per heavy atom. The summed E-state index contributed by atoms with van der Waals surface area (Å²) in [6, 6.07) is 0. The van der Waals surface area contributed by atoms with Crippen molar-refractivity contribution in [2.45, 2.75) is 38.7 Å². The van der Waals surface area contributed by atoms with Crippen LogP contribution in [0.1, 0.15) is 26.5 Å². The van der Waals surface area contributed by atoms with Crippen LogP contribution in [0.5, 0.6) is 0 Å². The molecule has 10 heteroatoms. The van der Waals surface area contributed by atoms with Gasteiger partial charge in [0, 0.05) is 33.0 Å². The highest BCUT2D eigenvalue weighted by molar-refractivity contribution is 5.76. The maximum Gasteiger partial charge on any atom is 0.313 e. The Labute approximate surface area is 156 Å². The van der Waals surface area contributed by atoms with Crippen LogP contribution in [0.4, 0.5) is 5.95 Å². The minimum Gasteiger partial charge on any atom is -0.386 e. The van der Waals surface area contributed by atoms with E-state index in [-0.39, 0.29) is 29.9 Å². The Hall–Kier alpha value is -2.46. The van der Waals surface area contributed by atoms with E-state index in [1.807, 2.05) is 13.8 Å². The number of amides is 1. The van der Waals surface area contributed by atoms with Gasteiger partial charge in [0.15, 0.2) is 6.33 Å². The highest BCUT2D eigenvalue weighted by Gasteiger charge is 2.46. The topological polar surface area (TPSA) is 116 Å². The molecule has 0 radical (unpaired) electrons. The number of aryl methyl sites for hydroxylation is 1. The molecule has 148 valence electrons. The van der Waals surface area contributed by atoms with E-state index in [0.717, 1.165) is 0 Å². The molecule has 0 bridgehead atoms. The summed E-state index contributed by atoms with van der Waals surface area (Å²) in [5, 5.41) is 13.9. The number of carbonyl (C=O) groups excluding carboxylic acids is 1. The number of imidazole rings is 1. The molecule has 27 heavy (non-hydrogen) atoms. The smallest absolute Gasteiger partial charge is 0.313 e. The predicted molar refractivity (Wildman–Crippen MR) is 98.1 cm³/mol. The summed E-state index contributed by atoms with van der Waals surface area (Å²) >= 11 is 0. The number of carbonyl (C=O) groups is 1. The Morgan fingerprint density at radius 1 is 1.52 bits per heavy atom. The number of aliphatic hydroxyl groups excluding tert-OH is 1. The van der Waals surface area contributed by atoms with E-state index in [0.29, 0.717) is 23.7 Å². The molecule has 4 atom stereocenters. The van der Waals surface area contributed by atoms with Gasteiger partial charge in [-0.2, -0.15) is 0 Å². The minimum atomic E-state index is -0.900. The molecule has 3 heterocycles. The quantitative estimate of drug-likeness (QED) is 0.595. The molecule has 1 amide bonds. The molecule has 10 nitrogen and oxygen atoms in total. The highest BCUT2D eigenvalue weighted by atomic mass is 16.5. The van der Waals surface area contributed by atoms with E-state index >= 15 is 0 Å². The maximum absolute atomic E-state index is 12.4. The number of nitrogens with one attached hydrogen (secondary N) is 2. The summed E-state index contributed by atoms with van der Waals surface area (Å²) < 4.78 is 9.28. The van der Waals surface area contributed by atoms with Crippen LogP contribution >= 0.6 is 0 Å². The molecule has 0 spiro atoms. The third-order valence-corrected chi connectivity index (χ3v) is 4.99. The monoisotopic (exact) mass is 379 g/mol. The van der Waals surface area contributed by atoms with E-state index in [9.17, 15) is 14.7 Å². The maximum atomic E-state index is 12.4. The number of rotatable bonds is 5. The first-order valence-electron chi connectivity index (χ1n) is 9.02. The lowest BCUT2D eigenvalue weighted by Crippen LogP contribution is -2.45. The number of aromatic nitrogens is 4. The summed E-state index contributed by atoms with van der Waals surface area (Å²) in [7, 11) is 5.11. The zero-order valence-electron chi connectivity index (χ0n) is 16.3. The van der Waals surface area contributed by atoms with E-state index in [4.69, 9.17) is 4.74 Å². The van der Waals surface area contributed by atoms with Crippen LogP contribution in [0.25, 0.3) is 11.2 Å². The van der Waals surface area contributed by atoms with Crippen LogP contribution < -0.4 is 15.4 Å². The molecule has 0 aromatic carbocycles. The molecule has 1 aliphatic rings. The Balaban J connectivity index is 2.00. The molecular weight excluding hydrogens is 352 g/mol. The van der Waals surface area contributed by atoms with Crippen molar-refractivity contribution in [3.8, 4) is 0 Å². The SMILES string of the molecule is CCNc1nc2c(c(=O)[nH]1)n(C)c[n+]2[C@@H]1O[C@H](C)[C@@H](CC(=O)N(C)C)[C@H]1O. The molecular formula is C17H27N6O4+. The number of hydrogen-bond donors (Lipinski definition) is 3. The fourth-order valence-electron chi connectivity index (χ4n) is 3.48. The van der Waals surface area contributed by atoms with Crippen molar-refractivity contribution in [2.75, 3.05) is 26.0 Å². The lowest BCUT2D eigenvalue weighted by atomic mass is 9.94. The molecule has 2 aromatic heterocycles. The number of aromatic amines is 1. The van der Waals surface area contributed by atoms with Crippen LogP contribution in [0.15, 0.2) is 11.1 Å². The average molecular weight is 379 g/mol. The summed E-state index contributed by atoms with van der Waals surface area (Å²) in [4.78, 5) is 33.2. The molecule has 3 N–H and O–H groups in total. The van der Waals surface area contributed by atoms with Gasteiger partial charge in [-0.1, -0.05) is 4.98 Å². The number of H-pyrrole nitrogens is 1. The molecule has 1 aliphatic heterocycles. The molecule has 0 unspecified atom stereocenters. The van der Waals surface area contributed by atoms with Gasteiger partial charge in [-0.25, -0.2) is 4.57 Å². The molecule has 1 fully saturated rings. The van der Waals surface area contributed by atoms with Crippen molar-refractivity contribution in [1.82, 2.24) is 19.4 Å². The molecule has 0 saturated carbocycles. The predicted octanol–water partition coefficient (Wildman–Crippen LogP) is -0.646. The van der Waals surface area contributed by atoms with E-state index in [2.05, 4.69) is 15.3 Å². The third kappa shape index (κ3) is 3.42. The van der Waals surface area contributed by atoms with Crippen LogP contribution in [0, 0.1) is 5.92 Å². The number of fused-ring (bicyclic) bond motifs is 1. The first-order chi connectivity index (χ1) is 12.7. The number of hydrogen-bond acceptors (Lipinski definition) is 6. The second kappa shape index (κ2) is 7.28. The minimum absolute atomic E-state index is 0.0675. The first-order valence-corrected chi connectivity index (χ1v) is 9.02. The van der Waals surface area contributed by atoms with Gasteiger partial charge in [0.1, 0.15) is 6.10 Å². The lowest BCUT2D eigenvalue weighted by Gasteiger charge is -2.19.